The first-order valence-electron chi connectivity index (χ1n) is 34.1. The normalized spacial score (nSPS) is 18.6. The first-order chi connectivity index (χ1) is 39.7. The van der Waals surface area contributed by atoms with Crippen LogP contribution in [0.1, 0.15) is 309 Å². The van der Waals surface area contributed by atoms with Crippen LogP contribution in [-0.2, 0) is 23.8 Å². The van der Waals surface area contributed by atoms with Gasteiger partial charge < -0.3 is 45.1 Å². The summed E-state index contributed by atoms with van der Waals surface area (Å²) in [5, 5.41) is 54.5. The highest BCUT2D eigenvalue weighted by Crippen LogP contribution is 2.23. The standard InChI is InChI=1S/C70H127NO10/c1-3-5-7-9-11-13-15-17-32-36-40-44-48-52-56-63(73)62(61-80-70-69(78)68(77)67(76)64(60-72)81-70)71-65(74)57-53-49-45-41-37-33-30-28-26-24-22-20-19-21-23-25-27-29-31-35-39-43-47-51-55-59-79-66(75)58-54-50-46-42-38-34-18-16-14-12-10-8-6-4-2/h10,12,16,18,20-23,52,56,62-64,67-70,72-73,76-78H,3-9,11,13-15,17,19,24-51,53-55,57-61H2,1-2H3,(H,71,74)/b12-10-,18-16-,22-20-,23-21-,56-52+. The Morgan fingerprint density at radius 2 is 0.840 bits per heavy atom. The molecule has 0 aromatic rings. The van der Waals surface area contributed by atoms with E-state index in [9.17, 15) is 35.1 Å². The zero-order chi connectivity index (χ0) is 58.7. The Labute approximate surface area is 497 Å². The number of hydrogen-bond donors (Lipinski definition) is 6. The predicted molar refractivity (Wildman–Crippen MR) is 338 cm³/mol. The minimum absolute atomic E-state index is 0.0166. The maximum Gasteiger partial charge on any atom is 0.305 e. The van der Waals surface area contributed by atoms with E-state index in [1.54, 1.807) is 6.08 Å². The van der Waals surface area contributed by atoms with Gasteiger partial charge >= 0.3 is 5.97 Å². The Balaban J connectivity index is 2.04. The lowest BCUT2D eigenvalue weighted by atomic mass is 9.99. The molecule has 1 aliphatic rings. The van der Waals surface area contributed by atoms with E-state index in [2.05, 4.69) is 67.8 Å². The van der Waals surface area contributed by atoms with Crippen molar-refractivity contribution < 1.29 is 49.3 Å². The van der Waals surface area contributed by atoms with Crippen molar-refractivity contribution in [1.29, 1.82) is 0 Å². The van der Waals surface area contributed by atoms with Crippen LogP contribution in [0.25, 0.3) is 0 Å². The molecular formula is C70H127NO10. The van der Waals surface area contributed by atoms with Gasteiger partial charge in [-0.15, -0.1) is 0 Å². The fourth-order valence-corrected chi connectivity index (χ4v) is 10.4. The van der Waals surface area contributed by atoms with Gasteiger partial charge in [-0.3, -0.25) is 9.59 Å². The number of ether oxygens (including phenoxy) is 3. The van der Waals surface area contributed by atoms with Crippen LogP contribution in [0, 0.1) is 0 Å². The summed E-state index contributed by atoms with van der Waals surface area (Å²) >= 11 is 0. The lowest BCUT2D eigenvalue weighted by Gasteiger charge is -2.40. The number of aliphatic hydroxyl groups excluding tert-OH is 5. The summed E-state index contributed by atoms with van der Waals surface area (Å²) in [6.07, 6.45) is 67.5. The van der Waals surface area contributed by atoms with Gasteiger partial charge in [0, 0.05) is 12.8 Å². The van der Waals surface area contributed by atoms with Crippen LogP contribution in [0.5, 0.6) is 0 Å². The molecule has 11 nitrogen and oxygen atoms in total. The van der Waals surface area contributed by atoms with Gasteiger partial charge in [-0.2, -0.15) is 0 Å². The number of carbonyl (C=O) groups excluding carboxylic acids is 2. The first-order valence-corrected chi connectivity index (χ1v) is 34.1. The molecule has 1 saturated heterocycles. The van der Waals surface area contributed by atoms with Crippen molar-refractivity contribution in [2.75, 3.05) is 19.8 Å². The molecule has 1 fully saturated rings. The van der Waals surface area contributed by atoms with Crippen LogP contribution < -0.4 is 5.32 Å². The SMILES string of the molecule is CCCC/C=C\C/C=C\CCCCCCCC(=O)OCCCCCCCCCCC/C=C\C/C=C\CCCCCCCCCCCC(=O)NC(COC1OC(CO)C(O)C(O)C1O)C(O)/C=C/CCCCCCCCCCCCCC. The van der Waals surface area contributed by atoms with Crippen LogP contribution in [0.15, 0.2) is 60.8 Å². The van der Waals surface area contributed by atoms with Crippen molar-refractivity contribution in [2.24, 2.45) is 0 Å². The third-order valence-electron chi connectivity index (χ3n) is 15.8. The van der Waals surface area contributed by atoms with E-state index in [1.165, 1.54) is 186 Å². The van der Waals surface area contributed by atoms with Crippen LogP contribution in [0.3, 0.4) is 0 Å². The summed E-state index contributed by atoms with van der Waals surface area (Å²) in [5.41, 5.74) is 0. The van der Waals surface area contributed by atoms with Gasteiger partial charge in [0.2, 0.25) is 5.91 Å². The third kappa shape index (κ3) is 48.3. The smallest absolute Gasteiger partial charge is 0.305 e. The zero-order valence-corrected chi connectivity index (χ0v) is 52.2. The topological polar surface area (TPSA) is 175 Å². The summed E-state index contributed by atoms with van der Waals surface area (Å²) in [7, 11) is 0. The Morgan fingerprint density at radius 3 is 1.28 bits per heavy atom. The number of rotatable bonds is 59. The van der Waals surface area contributed by atoms with Crippen molar-refractivity contribution >= 4 is 11.9 Å². The molecule has 1 amide bonds. The number of nitrogens with one attached hydrogen (secondary N) is 1. The van der Waals surface area contributed by atoms with Crippen molar-refractivity contribution in [1.82, 2.24) is 5.32 Å². The van der Waals surface area contributed by atoms with Gasteiger partial charge in [-0.1, -0.05) is 267 Å². The van der Waals surface area contributed by atoms with Crippen molar-refractivity contribution in [3.8, 4) is 0 Å². The van der Waals surface area contributed by atoms with Crippen molar-refractivity contribution in [3.05, 3.63) is 60.8 Å². The molecule has 7 unspecified atom stereocenters. The maximum absolute atomic E-state index is 13.1. The molecule has 81 heavy (non-hydrogen) atoms. The Hall–Kier alpha value is -2.64. The monoisotopic (exact) mass is 1140 g/mol. The Bertz CT molecular complexity index is 1530. The average Bonchev–Trinajstić information content (AvgIpc) is 3.51. The second-order valence-electron chi connectivity index (χ2n) is 23.5. The lowest BCUT2D eigenvalue weighted by molar-refractivity contribution is -0.302. The van der Waals surface area contributed by atoms with Crippen molar-refractivity contribution in [3.63, 3.8) is 0 Å². The molecule has 0 radical (unpaired) electrons. The second kappa shape index (κ2) is 59.1. The number of esters is 1. The largest absolute Gasteiger partial charge is 0.466 e. The van der Waals surface area contributed by atoms with E-state index in [0.717, 1.165) is 96.3 Å². The van der Waals surface area contributed by atoms with Crippen LogP contribution in [0.4, 0.5) is 0 Å². The van der Waals surface area contributed by atoms with Crippen LogP contribution >= 0.6 is 0 Å². The van der Waals surface area contributed by atoms with Gasteiger partial charge in [-0.25, -0.2) is 0 Å². The molecule has 1 rings (SSSR count). The van der Waals surface area contributed by atoms with E-state index in [4.69, 9.17) is 14.2 Å². The van der Waals surface area contributed by atoms with E-state index in [1.807, 2.05) is 6.08 Å². The molecule has 0 bridgehead atoms. The fourth-order valence-electron chi connectivity index (χ4n) is 10.4. The zero-order valence-electron chi connectivity index (χ0n) is 52.2. The molecule has 11 heteroatoms. The highest BCUT2D eigenvalue weighted by molar-refractivity contribution is 5.76. The minimum Gasteiger partial charge on any atom is -0.466 e. The average molecular weight is 1140 g/mol. The number of amides is 1. The molecule has 0 aromatic heterocycles. The van der Waals surface area contributed by atoms with Crippen LogP contribution in [0.2, 0.25) is 0 Å². The molecule has 0 aliphatic carbocycles. The quantitative estimate of drug-likeness (QED) is 0.0195. The number of unbranched alkanes of at least 4 members (excludes halogenated alkanes) is 37. The maximum atomic E-state index is 13.1. The molecule has 0 spiro atoms. The van der Waals surface area contributed by atoms with Gasteiger partial charge in [0.05, 0.1) is 32.0 Å². The molecule has 6 N–H and O–H groups in total. The highest BCUT2D eigenvalue weighted by atomic mass is 16.7. The Morgan fingerprint density at radius 1 is 0.457 bits per heavy atom. The van der Waals surface area contributed by atoms with E-state index in [-0.39, 0.29) is 18.5 Å². The van der Waals surface area contributed by atoms with Crippen LogP contribution in [-0.4, -0.2) is 100 Å². The number of hydrogen-bond acceptors (Lipinski definition) is 10. The minimum atomic E-state index is -1.57. The lowest BCUT2D eigenvalue weighted by Crippen LogP contribution is -2.60. The highest BCUT2D eigenvalue weighted by Gasteiger charge is 2.44. The summed E-state index contributed by atoms with van der Waals surface area (Å²) in [6, 6.07) is -0.816. The summed E-state index contributed by atoms with van der Waals surface area (Å²) in [4.78, 5) is 25.1. The molecule has 472 valence electrons. The van der Waals surface area contributed by atoms with Gasteiger partial charge in [0.15, 0.2) is 6.29 Å². The van der Waals surface area contributed by atoms with Gasteiger partial charge in [-0.05, 0) is 89.9 Å². The molecule has 0 aromatic carbocycles. The predicted octanol–water partition coefficient (Wildman–Crippen LogP) is 17.0. The van der Waals surface area contributed by atoms with Crippen molar-refractivity contribution in [2.45, 2.75) is 352 Å². The van der Waals surface area contributed by atoms with E-state index >= 15 is 0 Å². The van der Waals surface area contributed by atoms with E-state index in [0.29, 0.717) is 19.4 Å². The van der Waals surface area contributed by atoms with Gasteiger partial charge in [0.25, 0.3) is 0 Å². The Kier molecular flexibility index (Phi) is 55.7. The molecule has 7 atom stereocenters. The summed E-state index contributed by atoms with van der Waals surface area (Å²) < 4.78 is 16.7. The molecule has 1 aliphatic heterocycles. The molecule has 0 saturated carbocycles. The number of allylic oxidation sites excluding steroid dienone is 9. The molecule has 1 heterocycles. The van der Waals surface area contributed by atoms with Gasteiger partial charge in [0.1, 0.15) is 24.4 Å². The summed E-state index contributed by atoms with van der Waals surface area (Å²) in [5.74, 6) is -0.204. The number of carbonyl (C=O) groups is 2. The summed E-state index contributed by atoms with van der Waals surface area (Å²) in [6.45, 7) is 4.30. The first kappa shape index (κ1) is 76.4. The third-order valence-corrected chi connectivity index (χ3v) is 15.8. The fraction of sp³-hybridized carbons (Fsp3) is 0.829. The molecular weight excluding hydrogens is 1010 g/mol. The number of aliphatic hydroxyl groups is 5. The second-order valence-corrected chi connectivity index (χ2v) is 23.5. The van der Waals surface area contributed by atoms with E-state index < -0.39 is 49.5 Å².